The van der Waals surface area contributed by atoms with Gasteiger partial charge in [0.25, 0.3) is 0 Å². The number of nitrogens with one attached hydrogen (secondary N) is 1. The molecule has 2 aliphatic heterocycles. The fraction of sp³-hybridized carbons (Fsp3) is 0.600. The van der Waals surface area contributed by atoms with Gasteiger partial charge in [0.15, 0.2) is 11.5 Å². The van der Waals surface area contributed by atoms with Crippen LogP contribution < -0.4 is 14.8 Å². The average Bonchev–Trinajstić information content (AvgIpc) is 2.63. The molecule has 18 heavy (non-hydrogen) atoms. The van der Waals surface area contributed by atoms with Crippen LogP contribution in [0.3, 0.4) is 0 Å². The number of ether oxygens (including phenoxy) is 2. The number of hydrogen-bond donors (Lipinski definition) is 1. The Kier molecular flexibility index (Phi) is 3.41. The third-order valence-corrected chi connectivity index (χ3v) is 3.87. The lowest BCUT2D eigenvalue weighted by Gasteiger charge is -2.25. The van der Waals surface area contributed by atoms with E-state index >= 15 is 0 Å². The zero-order valence-electron chi connectivity index (χ0n) is 11.0. The zero-order valence-corrected chi connectivity index (χ0v) is 11.0. The van der Waals surface area contributed by atoms with E-state index < -0.39 is 0 Å². The maximum absolute atomic E-state index is 5.79. The molecule has 1 unspecified atom stereocenters. The summed E-state index contributed by atoms with van der Waals surface area (Å²) in [6, 6.07) is 4.35. The van der Waals surface area contributed by atoms with Crippen LogP contribution in [0.1, 0.15) is 36.3 Å². The molecular formula is C15H21NO2. The molecule has 1 aromatic rings. The Balaban J connectivity index is 1.92. The molecule has 1 N–H and O–H groups in total. The predicted octanol–water partition coefficient (Wildman–Crippen LogP) is 2.62. The van der Waals surface area contributed by atoms with Gasteiger partial charge >= 0.3 is 0 Å². The molecule has 0 saturated carbocycles. The standard InChI is InChI=1S/C15H21NO2/c1-11-8-14-15(18-7-3-6-17-14)9-13(11)12-4-2-5-16-10-12/h8-9,12,16H,2-7,10H2,1H3. The molecule has 1 fully saturated rings. The van der Waals surface area contributed by atoms with Crippen molar-refractivity contribution in [3.63, 3.8) is 0 Å². The Morgan fingerprint density at radius 2 is 1.89 bits per heavy atom. The lowest BCUT2D eigenvalue weighted by atomic mass is 9.88. The summed E-state index contributed by atoms with van der Waals surface area (Å²) in [5.74, 6) is 2.46. The summed E-state index contributed by atoms with van der Waals surface area (Å²) in [6.07, 6.45) is 3.50. The van der Waals surface area contributed by atoms with Crippen LogP contribution in [0.4, 0.5) is 0 Å². The monoisotopic (exact) mass is 247 g/mol. The largest absolute Gasteiger partial charge is 0.490 e. The van der Waals surface area contributed by atoms with Crippen molar-refractivity contribution in [2.24, 2.45) is 0 Å². The highest BCUT2D eigenvalue weighted by molar-refractivity contribution is 5.48. The van der Waals surface area contributed by atoms with Gasteiger partial charge in [-0.05, 0) is 55.5 Å². The third kappa shape index (κ3) is 2.32. The second kappa shape index (κ2) is 5.19. The van der Waals surface area contributed by atoms with Crippen LogP contribution in [-0.2, 0) is 0 Å². The molecule has 3 heteroatoms. The Labute approximate surface area is 108 Å². The summed E-state index contributed by atoms with van der Waals surface area (Å²) in [7, 11) is 0. The van der Waals surface area contributed by atoms with Gasteiger partial charge in [0, 0.05) is 13.0 Å². The lowest BCUT2D eigenvalue weighted by Crippen LogP contribution is -2.28. The third-order valence-electron chi connectivity index (χ3n) is 3.87. The van der Waals surface area contributed by atoms with E-state index in [1.807, 2.05) is 0 Å². The van der Waals surface area contributed by atoms with Crippen molar-refractivity contribution < 1.29 is 9.47 Å². The zero-order chi connectivity index (χ0) is 12.4. The Morgan fingerprint density at radius 1 is 1.11 bits per heavy atom. The molecule has 2 heterocycles. The molecule has 98 valence electrons. The van der Waals surface area contributed by atoms with Gasteiger partial charge in [-0.15, -0.1) is 0 Å². The van der Waals surface area contributed by atoms with E-state index in [1.165, 1.54) is 24.0 Å². The molecule has 0 radical (unpaired) electrons. The minimum atomic E-state index is 0.621. The van der Waals surface area contributed by atoms with E-state index in [4.69, 9.17) is 9.47 Å². The van der Waals surface area contributed by atoms with Crippen molar-refractivity contribution in [3.05, 3.63) is 23.3 Å². The second-order valence-electron chi connectivity index (χ2n) is 5.25. The van der Waals surface area contributed by atoms with Crippen molar-refractivity contribution in [1.82, 2.24) is 5.32 Å². The van der Waals surface area contributed by atoms with Crippen LogP contribution in [0.5, 0.6) is 11.5 Å². The Morgan fingerprint density at radius 3 is 2.61 bits per heavy atom. The van der Waals surface area contributed by atoms with E-state index in [0.29, 0.717) is 5.92 Å². The molecule has 1 saturated heterocycles. The highest BCUT2D eigenvalue weighted by Gasteiger charge is 2.20. The highest BCUT2D eigenvalue weighted by Crippen LogP contribution is 2.36. The van der Waals surface area contributed by atoms with Gasteiger partial charge < -0.3 is 14.8 Å². The molecule has 1 atom stereocenters. The SMILES string of the molecule is Cc1cc2c(cc1C1CCCNC1)OCCCO2. The van der Waals surface area contributed by atoms with Crippen molar-refractivity contribution >= 4 is 0 Å². The number of benzene rings is 1. The number of aryl methyl sites for hydroxylation is 1. The first-order valence-corrected chi connectivity index (χ1v) is 6.95. The summed E-state index contributed by atoms with van der Waals surface area (Å²) < 4.78 is 11.5. The van der Waals surface area contributed by atoms with Gasteiger partial charge in [0.1, 0.15) is 0 Å². The minimum absolute atomic E-state index is 0.621. The first-order chi connectivity index (χ1) is 8.84. The second-order valence-corrected chi connectivity index (χ2v) is 5.25. The van der Waals surface area contributed by atoms with Crippen molar-refractivity contribution in [2.45, 2.75) is 32.1 Å². The molecule has 2 aliphatic rings. The van der Waals surface area contributed by atoms with Gasteiger partial charge in [-0.3, -0.25) is 0 Å². The van der Waals surface area contributed by atoms with Crippen LogP contribution in [0.2, 0.25) is 0 Å². The number of rotatable bonds is 1. The summed E-state index contributed by atoms with van der Waals surface area (Å²) in [5.41, 5.74) is 2.75. The van der Waals surface area contributed by atoms with E-state index in [1.54, 1.807) is 0 Å². The Bertz CT molecular complexity index is 425. The first-order valence-electron chi connectivity index (χ1n) is 6.95. The Hall–Kier alpha value is -1.22. The van der Waals surface area contributed by atoms with E-state index in [9.17, 15) is 0 Å². The molecule has 0 amide bonds. The van der Waals surface area contributed by atoms with E-state index in [-0.39, 0.29) is 0 Å². The molecule has 0 bridgehead atoms. The van der Waals surface area contributed by atoms with Crippen LogP contribution in [0, 0.1) is 6.92 Å². The van der Waals surface area contributed by atoms with Crippen LogP contribution in [-0.4, -0.2) is 26.3 Å². The van der Waals surface area contributed by atoms with E-state index in [2.05, 4.69) is 24.4 Å². The molecule has 0 aromatic heterocycles. The molecule has 3 rings (SSSR count). The van der Waals surface area contributed by atoms with Gasteiger partial charge in [0.2, 0.25) is 0 Å². The topological polar surface area (TPSA) is 30.5 Å². The smallest absolute Gasteiger partial charge is 0.161 e. The van der Waals surface area contributed by atoms with Gasteiger partial charge in [-0.1, -0.05) is 0 Å². The fourth-order valence-corrected chi connectivity index (χ4v) is 2.88. The van der Waals surface area contributed by atoms with Gasteiger partial charge in [0.05, 0.1) is 13.2 Å². The number of piperidine rings is 1. The fourth-order valence-electron chi connectivity index (χ4n) is 2.88. The van der Waals surface area contributed by atoms with Crippen LogP contribution in [0.15, 0.2) is 12.1 Å². The molecule has 0 aliphatic carbocycles. The molecule has 3 nitrogen and oxygen atoms in total. The van der Waals surface area contributed by atoms with Crippen LogP contribution >= 0.6 is 0 Å². The summed E-state index contributed by atoms with van der Waals surface area (Å²) >= 11 is 0. The van der Waals surface area contributed by atoms with Crippen LogP contribution in [0.25, 0.3) is 0 Å². The summed E-state index contributed by atoms with van der Waals surface area (Å²) in [5, 5.41) is 3.48. The minimum Gasteiger partial charge on any atom is -0.490 e. The van der Waals surface area contributed by atoms with Crippen molar-refractivity contribution in [1.29, 1.82) is 0 Å². The maximum Gasteiger partial charge on any atom is 0.161 e. The number of hydrogen-bond acceptors (Lipinski definition) is 3. The molecule has 1 aromatic carbocycles. The summed E-state index contributed by atoms with van der Waals surface area (Å²) in [4.78, 5) is 0. The van der Waals surface area contributed by atoms with Gasteiger partial charge in [-0.2, -0.15) is 0 Å². The van der Waals surface area contributed by atoms with Crippen molar-refractivity contribution in [3.8, 4) is 11.5 Å². The highest BCUT2D eigenvalue weighted by atomic mass is 16.5. The van der Waals surface area contributed by atoms with Gasteiger partial charge in [-0.25, -0.2) is 0 Å². The van der Waals surface area contributed by atoms with Crippen molar-refractivity contribution in [2.75, 3.05) is 26.3 Å². The molecule has 0 spiro atoms. The lowest BCUT2D eigenvalue weighted by molar-refractivity contribution is 0.297. The predicted molar refractivity (Wildman–Crippen MR) is 71.6 cm³/mol. The average molecular weight is 247 g/mol. The normalized spacial score (nSPS) is 23.5. The maximum atomic E-state index is 5.79. The first kappa shape index (κ1) is 11.8. The van der Waals surface area contributed by atoms with E-state index in [0.717, 1.165) is 44.2 Å². The quantitative estimate of drug-likeness (QED) is 0.827. The summed E-state index contributed by atoms with van der Waals surface area (Å²) in [6.45, 7) is 5.94. The number of fused-ring (bicyclic) bond motifs is 1. The molecular weight excluding hydrogens is 226 g/mol.